The molecule has 4 nitrogen and oxygen atoms in total. The molecule has 98 valence electrons. The van der Waals surface area contributed by atoms with Crippen LogP contribution in [0, 0.1) is 5.82 Å². The van der Waals surface area contributed by atoms with Crippen LogP contribution in [0.25, 0.3) is 0 Å². The highest BCUT2D eigenvalue weighted by Crippen LogP contribution is 2.25. The molecule has 2 rings (SSSR count). The second-order valence-electron chi connectivity index (χ2n) is 3.85. The summed E-state index contributed by atoms with van der Waals surface area (Å²) >= 11 is 3.17. The molecule has 4 N–H and O–H groups in total. The van der Waals surface area contributed by atoms with Gasteiger partial charge in [0.15, 0.2) is 0 Å². The lowest BCUT2D eigenvalue weighted by Gasteiger charge is -2.09. The zero-order valence-electron chi connectivity index (χ0n) is 9.65. The number of carbonyl (C=O) groups excluding carboxylic acids is 1. The molecule has 1 amide bonds. The minimum atomic E-state index is -0.567. The standard InChI is InChI=1S/C13H10BrFN2O2/c14-7-1-3-9(12(18)5-7)13(19)17-11-6-8(15)2-4-10(11)16/h1-6,18H,16H2,(H,17,19). The lowest BCUT2D eigenvalue weighted by molar-refractivity contribution is 0.102. The number of carbonyl (C=O) groups is 1. The maximum atomic E-state index is 13.1. The summed E-state index contributed by atoms with van der Waals surface area (Å²) in [5.41, 5.74) is 6.10. The average molecular weight is 325 g/mol. The van der Waals surface area contributed by atoms with E-state index in [1.165, 1.54) is 24.3 Å². The van der Waals surface area contributed by atoms with Gasteiger partial charge in [-0.1, -0.05) is 15.9 Å². The Morgan fingerprint density at radius 1 is 1.26 bits per heavy atom. The fraction of sp³-hybridized carbons (Fsp3) is 0. The Morgan fingerprint density at radius 2 is 2.00 bits per heavy atom. The molecule has 0 saturated heterocycles. The maximum Gasteiger partial charge on any atom is 0.259 e. The monoisotopic (exact) mass is 324 g/mol. The van der Waals surface area contributed by atoms with Crippen LogP contribution < -0.4 is 11.1 Å². The van der Waals surface area contributed by atoms with Crippen molar-refractivity contribution in [1.29, 1.82) is 0 Å². The number of phenolic OH excluding ortho intramolecular Hbond substituents is 1. The van der Waals surface area contributed by atoms with Gasteiger partial charge in [-0.2, -0.15) is 0 Å². The average Bonchev–Trinajstić information content (AvgIpc) is 2.33. The number of hydrogen-bond acceptors (Lipinski definition) is 3. The summed E-state index contributed by atoms with van der Waals surface area (Å²) in [6, 6.07) is 8.12. The number of hydrogen-bond donors (Lipinski definition) is 3. The number of halogens is 2. The van der Waals surface area contributed by atoms with Gasteiger partial charge in [0.05, 0.1) is 16.9 Å². The number of benzene rings is 2. The van der Waals surface area contributed by atoms with Gasteiger partial charge in [-0.25, -0.2) is 4.39 Å². The van der Waals surface area contributed by atoms with Crippen LogP contribution in [0.4, 0.5) is 15.8 Å². The molecule has 0 unspecified atom stereocenters. The van der Waals surface area contributed by atoms with Gasteiger partial charge in [0.2, 0.25) is 0 Å². The fourth-order valence-electron chi connectivity index (χ4n) is 1.52. The van der Waals surface area contributed by atoms with Crippen molar-refractivity contribution in [1.82, 2.24) is 0 Å². The summed E-state index contributed by atoms with van der Waals surface area (Å²) in [5.74, 6) is -1.26. The van der Waals surface area contributed by atoms with Crippen molar-refractivity contribution >= 4 is 33.2 Å². The van der Waals surface area contributed by atoms with Gasteiger partial charge < -0.3 is 16.2 Å². The van der Waals surface area contributed by atoms with E-state index in [-0.39, 0.29) is 22.7 Å². The summed E-state index contributed by atoms with van der Waals surface area (Å²) in [6.07, 6.45) is 0. The van der Waals surface area contributed by atoms with E-state index in [1.807, 2.05) is 0 Å². The van der Waals surface area contributed by atoms with E-state index in [2.05, 4.69) is 21.2 Å². The van der Waals surface area contributed by atoms with Crippen LogP contribution in [0.3, 0.4) is 0 Å². The molecule has 0 bridgehead atoms. The Bertz CT molecular complexity index is 647. The van der Waals surface area contributed by atoms with E-state index in [0.29, 0.717) is 4.47 Å². The molecule has 0 aromatic heterocycles. The van der Waals surface area contributed by atoms with E-state index < -0.39 is 11.7 Å². The number of phenols is 1. The summed E-state index contributed by atoms with van der Waals surface area (Å²) < 4.78 is 13.7. The Morgan fingerprint density at radius 3 is 2.68 bits per heavy atom. The molecule has 0 spiro atoms. The van der Waals surface area contributed by atoms with Crippen LogP contribution in [0.1, 0.15) is 10.4 Å². The Hall–Kier alpha value is -2.08. The Labute approximate surface area is 117 Å². The number of nitrogens with two attached hydrogens (primary N) is 1. The normalized spacial score (nSPS) is 10.2. The van der Waals surface area contributed by atoms with Crippen molar-refractivity contribution in [2.45, 2.75) is 0 Å². The first kappa shape index (κ1) is 13.4. The molecule has 0 aliphatic heterocycles. The zero-order valence-corrected chi connectivity index (χ0v) is 11.2. The molecule has 6 heteroatoms. The second-order valence-corrected chi connectivity index (χ2v) is 4.76. The molecule has 0 aliphatic carbocycles. The van der Waals surface area contributed by atoms with E-state index in [4.69, 9.17) is 5.73 Å². The smallest absolute Gasteiger partial charge is 0.259 e. The third-order valence-electron chi connectivity index (χ3n) is 2.47. The molecule has 2 aromatic rings. The predicted octanol–water partition coefficient (Wildman–Crippen LogP) is 3.13. The lowest BCUT2D eigenvalue weighted by Crippen LogP contribution is -2.13. The highest BCUT2D eigenvalue weighted by Gasteiger charge is 2.13. The van der Waals surface area contributed by atoms with Crippen molar-refractivity contribution < 1.29 is 14.3 Å². The summed E-state index contributed by atoms with van der Waals surface area (Å²) in [7, 11) is 0. The molecular formula is C13H10BrFN2O2. The van der Waals surface area contributed by atoms with Gasteiger partial charge in [-0.05, 0) is 36.4 Å². The quantitative estimate of drug-likeness (QED) is 0.743. The first-order valence-electron chi connectivity index (χ1n) is 5.32. The molecule has 0 heterocycles. The van der Waals surface area contributed by atoms with Crippen molar-refractivity contribution in [3.05, 3.63) is 52.3 Å². The molecule has 2 aromatic carbocycles. The molecule has 0 aliphatic rings. The van der Waals surface area contributed by atoms with Crippen molar-refractivity contribution in [3.8, 4) is 5.75 Å². The zero-order chi connectivity index (χ0) is 14.0. The van der Waals surface area contributed by atoms with E-state index in [9.17, 15) is 14.3 Å². The Kier molecular flexibility index (Phi) is 3.71. The van der Waals surface area contributed by atoms with Crippen LogP contribution in [0.2, 0.25) is 0 Å². The van der Waals surface area contributed by atoms with Crippen LogP contribution in [-0.2, 0) is 0 Å². The first-order chi connectivity index (χ1) is 8.97. The van der Waals surface area contributed by atoms with Gasteiger partial charge in [-0.15, -0.1) is 0 Å². The largest absolute Gasteiger partial charge is 0.507 e. The topological polar surface area (TPSA) is 75.3 Å². The van der Waals surface area contributed by atoms with Gasteiger partial charge in [0, 0.05) is 4.47 Å². The van der Waals surface area contributed by atoms with Crippen LogP contribution in [0.15, 0.2) is 40.9 Å². The van der Waals surface area contributed by atoms with Crippen molar-refractivity contribution in [2.24, 2.45) is 0 Å². The van der Waals surface area contributed by atoms with Gasteiger partial charge in [0.1, 0.15) is 11.6 Å². The minimum absolute atomic E-state index is 0.0758. The SMILES string of the molecule is Nc1ccc(F)cc1NC(=O)c1ccc(Br)cc1O. The first-order valence-corrected chi connectivity index (χ1v) is 6.11. The molecule has 0 radical (unpaired) electrons. The highest BCUT2D eigenvalue weighted by molar-refractivity contribution is 9.10. The van der Waals surface area contributed by atoms with Gasteiger partial charge >= 0.3 is 0 Å². The van der Waals surface area contributed by atoms with E-state index in [0.717, 1.165) is 6.07 Å². The highest BCUT2D eigenvalue weighted by atomic mass is 79.9. The van der Waals surface area contributed by atoms with Crippen molar-refractivity contribution in [3.63, 3.8) is 0 Å². The number of rotatable bonds is 2. The maximum absolute atomic E-state index is 13.1. The van der Waals surface area contributed by atoms with Crippen LogP contribution >= 0.6 is 15.9 Å². The van der Waals surface area contributed by atoms with Crippen LogP contribution in [-0.4, -0.2) is 11.0 Å². The number of nitrogen functional groups attached to an aromatic ring is 1. The molecule has 19 heavy (non-hydrogen) atoms. The number of aromatic hydroxyl groups is 1. The molecule has 0 saturated carbocycles. The third kappa shape index (κ3) is 3.03. The molecular weight excluding hydrogens is 315 g/mol. The molecule has 0 atom stereocenters. The number of amides is 1. The Balaban J connectivity index is 2.28. The summed E-state index contributed by atoms with van der Waals surface area (Å²) in [4.78, 5) is 11.9. The third-order valence-corrected chi connectivity index (χ3v) is 2.96. The minimum Gasteiger partial charge on any atom is -0.507 e. The van der Waals surface area contributed by atoms with Gasteiger partial charge in [-0.3, -0.25) is 4.79 Å². The fourth-order valence-corrected chi connectivity index (χ4v) is 1.87. The predicted molar refractivity (Wildman–Crippen MR) is 74.6 cm³/mol. The van der Waals surface area contributed by atoms with E-state index >= 15 is 0 Å². The second kappa shape index (κ2) is 5.27. The number of nitrogens with one attached hydrogen (secondary N) is 1. The van der Waals surface area contributed by atoms with E-state index in [1.54, 1.807) is 6.07 Å². The van der Waals surface area contributed by atoms with Gasteiger partial charge in [0.25, 0.3) is 5.91 Å². The molecule has 0 fully saturated rings. The summed E-state index contributed by atoms with van der Waals surface area (Å²) in [5, 5.41) is 12.1. The van der Waals surface area contributed by atoms with Crippen LogP contribution in [0.5, 0.6) is 5.75 Å². The summed E-state index contributed by atoms with van der Waals surface area (Å²) in [6.45, 7) is 0. The number of anilines is 2. The van der Waals surface area contributed by atoms with Crippen molar-refractivity contribution in [2.75, 3.05) is 11.1 Å². The lowest BCUT2D eigenvalue weighted by atomic mass is 10.1.